The maximum absolute atomic E-state index is 12.6. The first-order valence-electron chi connectivity index (χ1n) is 6.59. The maximum Gasteiger partial charge on any atom is 0.416 e. The quantitative estimate of drug-likeness (QED) is 0.877. The molecule has 110 valence electrons. The fourth-order valence-corrected chi connectivity index (χ4v) is 2.39. The molecule has 2 rings (SSSR count). The molecule has 1 fully saturated rings. The molecule has 2 N–H and O–H groups in total. The Bertz CT molecular complexity index is 488. The van der Waals surface area contributed by atoms with Crippen molar-refractivity contribution in [2.75, 3.05) is 11.9 Å². The van der Waals surface area contributed by atoms with Crippen LogP contribution in [0.15, 0.2) is 24.3 Å². The molecule has 1 aliphatic heterocycles. The molecule has 0 saturated carbocycles. The van der Waals surface area contributed by atoms with Gasteiger partial charge in [0.15, 0.2) is 0 Å². The molecule has 2 atom stereocenters. The molecule has 20 heavy (non-hydrogen) atoms. The van der Waals surface area contributed by atoms with Crippen LogP contribution in [0.25, 0.3) is 0 Å². The highest BCUT2D eigenvalue weighted by molar-refractivity contribution is 5.95. The molecule has 1 amide bonds. The number of piperidine rings is 1. The molecule has 0 radical (unpaired) electrons. The molecule has 0 spiro atoms. The van der Waals surface area contributed by atoms with Crippen LogP contribution in [0.5, 0.6) is 0 Å². The van der Waals surface area contributed by atoms with Gasteiger partial charge in [-0.2, -0.15) is 13.2 Å². The Kier molecular flexibility index (Phi) is 4.32. The second-order valence-corrected chi connectivity index (χ2v) is 5.12. The average molecular weight is 286 g/mol. The van der Waals surface area contributed by atoms with Gasteiger partial charge in [-0.3, -0.25) is 4.79 Å². The van der Waals surface area contributed by atoms with Crippen LogP contribution in [0.2, 0.25) is 0 Å². The fourth-order valence-electron chi connectivity index (χ4n) is 2.39. The Morgan fingerprint density at radius 3 is 2.80 bits per heavy atom. The number of anilines is 1. The predicted octanol–water partition coefficient (Wildman–Crippen LogP) is 3.03. The van der Waals surface area contributed by atoms with E-state index in [1.807, 2.05) is 6.92 Å². The zero-order chi connectivity index (χ0) is 14.8. The second kappa shape index (κ2) is 5.83. The number of carbonyl (C=O) groups is 1. The molecular formula is C14H17F3N2O. The highest BCUT2D eigenvalue weighted by Crippen LogP contribution is 2.30. The lowest BCUT2D eigenvalue weighted by Gasteiger charge is -2.29. The molecule has 0 bridgehead atoms. The fraction of sp³-hybridized carbons (Fsp3) is 0.500. The van der Waals surface area contributed by atoms with Crippen LogP contribution in [0, 0.1) is 5.92 Å². The summed E-state index contributed by atoms with van der Waals surface area (Å²) in [5.41, 5.74) is -0.593. The van der Waals surface area contributed by atoms with Gasteiger partial charge in [0.1, 0.15) is 0 Å². The van der Waals surface area contributed by atoms with E-state index < -0.39 is 11.7 Å². The van der Waals surface area contributed by atoms with Crippen molar-refractivity contribution in [3.8, 4) is 0 Å². The third-order valence-electron chi connectivity index (χ3n) is 3.51. The van der Waals surface area contributed by atoms with Gasteiger partial charge in [0.25, 0.3) is 0 Å². The lowest BCUT2D eigenvalue weighted by Crippen LogP contribution is -2.48. The Hall–Kier alpha value is -1.56. The van der Waals surface area contributed by atoms with Gasteiger partial charge in [0, 0.05) is 5.69 Å². The maximum atomic E-state index is 12.6. The molecule has 1 aromatic rings. The predicted molar refractivity (Wildman–Crippen MR) is 70.3 cm³/mol. The minimum Gasteiger partial charge on any atom is -0.325 e. The van der Waals surface area contributed by atoms with E-state index >= 15 is 0 Å². The van der Waals surface area contributed by atoms with Crippen LogP contribution in [-0.2, 0) is 11.0 Å². The smallest absolute Gasteiger partial charge is 0.325 e. The molecule has 0 aliphatic carbocycles. The summed E-state index contributed by atoms with van der Waals surface area (Å²) in [6.45, 7) is 2.72. The van der Waals surface area contributed by atoms with E-state index in [0.717, 1.165) is 31.5 Å². The summed E-state index contributed by atoms with van der Waals surface area (Å²) < 4.78 is 37.8. The number of benzene rings is 1. The third-order valence-corrected chi connectivity index (χ3v) is 3.51. The van der Waals surface area contributed by atoms with Crippen molar-refractivity contribution in [2.24, 2.45) is 5.92 Å². The largest absolute Gasteiger partial charge is 0.416 e. The van der Waals surface area contributed by atoms with Crippen molar-refractivity contribution < 1.29 is 18.0 Å². The molecule has 1 saturated heterocycles. The van der Waals surface area contributed by atoms with E-state index in [1.165, 1.54) is 12.1 Å². The van der Waals surface area contributed by atoms with Gasteiger partial charge >= 0.3 is 6.18 Å². The number of alkyl halides is 3. The lowest BCUT2D eigenvalue weighted by atomic mass is 9.92. The normalized spacial score (nSPS) is 23.4. The van der Waals surface area contributed by atoms with Crippen LogP contribution in [0.3, 0.4) is 0 Å². The van der Waals surface area contributed by atoms with E-state index in [4.69, 9.17) is 0 Å². The summed E-state index contributed by atoms with van der Waals surface area (Å²) in [6, 6.07) is 4.33. The van der Waals surface area contributed by atoms with Gasteiger partial charge in [-0.05, 0) is 43.5 Å². The van der Waals surface area contributed by atoms with E-state index in [-0.39, 0.29) is 23.6 Å². The first-order chi connectivity index (χ1) is 9.38. The van der Waals surface area contributed by atoms with E-state index in [1.54, 1.807) is 0 Å². The Balaban J connectivity index is 2.08. The van der Waals surface area contributed by atoms with E-state index in [0.29, 0.717) is 0 Å². The summed E-state index contributed by atoms with van der Waals surface area (Å²) >= 11 is 0. The number of carbonyl (C=O) groups excluding carboxylic acids is 1. The first kappa shape index (κ1) is 14.8. The van der Waals surface area contributed by atoms with Crippen molar-refractivity contribution in [1.82, 2.24) is 5.32 Å². The monoisotopic (exact) mass is 286 g/mol. The molecule has 6 heteroatoms. The van der Waals surface area contributed by atoms with Crippen molar-refractivity contribution in [3.63, 3.8) is 0 Å². The lowest BCUT2D eigenvalue weighted by molar-refractivity contribution is -0.137. The standard InChI is InChI=1S/C14H17F3N2O/c1-9-4-3-7-18-12(9)13(20)19-11-6-2-5-10(8-11)14(15,16)17/h2,5-6,8-9,12,18H,3-4,7H2,1H3,(H,19,20). The number of hydrogen-bond donors (Lipinski definition) is 2. The SMILES string of the molecule is CC1CCCNC1C(=O)Nc1cccc(C(F)(F)F)c1. The molecular weight excluding hydrogens is 269 g/mol. The summed E-state index contributed by atoms with van der Waals surface area (Å²) in [4.78, 5) is 12.1. The van der Waals surface area contributed by atoms with Crippen molar-refractivity contribution in [3.05, 3.63) is 29.8 Å². The summed E-state index contributed by atoms with van der Waals surface area (Å²) in [6.07, 6.45) is -2.46. The van der Waals surface area contributed by atoms with E-state index in [2.05, 4.69) is 10.6 Å². The molecule has 1 aliphatic rings. The van der Waals surface area contributed by atoms with Crippen molar-refractivity contribution >= 4 is 11.6 Å². The Morgan fingerprint density at radius 1 is 1.40 bits per heavy atom. The number of amides is 1. The Labute approximate surface area is 115 Å². The van der Waals surface area contributed by atoms with Crippen LogP contribution < -0.4 is 10.6 Å². The number of nitrogens with one attached hydrogen (secondary N) is 2. The van der Waals surface area contributed by atoms with Crippen molar-refractivity contribution in [2.45, 2.75) is 32.0 Å². The molecule has 2 unspecified atom stereocenters. The number of hydrogen-bond acceptors (Lipinski definition) is 2. The van der Waals surface area contributed by atoms with Crippen molar-refractivity contribution in [1.29, 1.82) is 0 Å². The third kappa shape index (κ3) is 3.50. The number of halogens is 3. The van der Waals surface area contributed by atoms with Gasteiger partial charge in [-0.25, -0.2) is 0 Å². The zero-order valence-corrected chi connectivity index (χ0v) is 11.1. The first-order valence-corrected chi connectivity index (χ1v) is 6.59. The number of rotatable bonds is 2. The van der Waals surface area contributed by atoms with Gasteiger partial charge in [-0.1, -0.05) is 13.0 Å². The Morgan fingerprint density at radius 2 is 2.15 bits per heavy atom. The van der Waals surface area contributed by atoms with Crippen LogP contribution in [-0.4, -0.2) is 18.5 Å². The molecule has 1 aromatic carbocycles. The highest BCUT2D eigenvalue weighted by Gasteiger charge is 2.31. The summed E-state index contributed by atoms with van der Waals surface area (Å²) in [5, 5.41) is 5.65. The van der Waals surface area contributed by atoms with E-state index in [9.17, 15) is 18.0 Å². The van der Waals surface area contributed by atoms with Gasteiger partial charge < -0.3 is 10.6 Å². The van der Waals surface area contributed by atoms with Crippen LogP contribution >= 0.6 is 0 Å². The van der Waals surface area contributed by atoms with Crippen LogP contribution in [0.1, 0.15) is 25.3 Å². The minimum absolute atomic E-state index is 0.171. The summed E-state index contributed by atoms with van der Waals surface area (Å²) in [5.74, 6) is -0.105. The van der Waals surface area contributed by atoms with Gasteiger partial charge in [0.2, 0.25) is 5.91 Å². The minimum atomic E-state index is -4.41. The molecule has 0 aromatic heterocycles. The van der Waals surface area contributed by atoms with Gasteiger partial charge in [-0.15, -0.1) is 0 Å². The highest BCUT2D eigenvalue weighted by atomic mass is 19.4. The zero-order valence-electron chi connectivity index (χ0n) is 11.1. The van der Waals surface area contributed by atoms with Gasteiger partial charge in [0.05, 0.1) is 11.6 Å². The topological polar surface area (TPSA) is 41.1 Å². The average Bonchev–Trinajstić information content (AvgIpc) is 2.38. The second-order valence-electron chi connectivity index (χ2n) is 5.12. The molecule has 3 nitrogen and oxygen atoms in total. The van der Waals surface area contributed by atoms with Crippen LogP contribution in [0.4, 0.5) is 18.9 Å². The molecule has 1 heterocycles. The summed E-state index contributed by atoms with van der Waals surface area (Å²) in [7, 11) is 0.